The van der Waals surface area contributed by atoms with Crippen molar-refractivity contribution in [3.63, 3.8) is 0 Å². The number of imidazole rings is 1. The third kappa shape index (κ3) is 5.23. The molecule has 0 aliphatic heterocycles. The molecule has 1 aliphatic rings. The molecule has 1 aliphatic carbocycles. The van der Waals surface area contributed by atoms with E-state index in [1.54, 1.807) is 16.5 Å². The molecule has 1 N–H and O–H groups in total. The Hall–Kier alpha value is -2.58. The highest BCUT2D eigenvalue weighted by molar-refractivity contribution is 7.97. The standard InChI is InChI=1S/C26H35N5O2S/c1-5-10-23-27-18(4)24-26(32)28-25(29-31(23)24)21-17-20(13-14-22(21)33-16-7-3)34-30(15-6-2)19-11-8-9-12-19/h6,13-14,17,19H,2,5,7-12,15-16H2,1,3-4H3,(H,28,29,32). The van der Waals surface area contributed by atoms with E-state index in [0.717, 1.165) is 47.8 Å². The maximum Gasteiger partial charge on any atom is 0.277 e. The Morgan fingerprint density at radius 1 is 1.29 bits per heavy atom. The van der Waals surface area contributed by atoms with Crippen LogP contribution in [0.3, 0.4) is 0 Å². The highest BCUT2D eigenvalue weighted by Gasteiger charge is 2.23. The van der Waals surface area contributed by atoms with Gasteiger partial charge in [0.25, 0.3) is 5.56 Å². The third-order valence-electron chi connectivity index (χ3n) is 6.15. The molecule has 0 amide bonds. The number of ether oxygens (including phenoxy) is 1. The Bertz CT molecular complexity index is 1200. The third-order valence-corrected chi connectivity index (χ3v) is 7.29. The van der Waals surface area contributed by atoms with Crippen LogP contribution in [0.5, 0.6) is 5.75 Å². The minimum atomic E-state index is -0.184. The average Bonchev–Trinajstić information content (AvgIpc) is 3.47. The summed E-state index contributed by atoms with van der Waals surface area (Å²) in [6, 6.07) is 6.71. The van der Waals surface area contributed by atoms with Gasteiger partial charge in [-0.1, -0.05) is 32.8 Å². The molecule has 7 nitrogen and oxygen atoms in total. The second-order valence-corrected chi connectivity index (χ2v) is 9.97. The lowest BCUT2D eigenvalue weighted by Crippen LogP contribution is -2.26. The summed E-state index contributed by atoms with van der Waals surface area (Å²) >= 11 is 1.74. The quantitative estimate of drug-likeness (QED) is 0.285. The van der Waals surface area contributed by atoms with Crippen LogP contribution in [0, 0.1) is 6.92 Å². The Balaban J connectivity index is 1.77. The zero-order chi connectivity index (χ0) is 24.1. The SMILES string of the molecule is C=CCN(Sc1ccc(OCCC)c(-c2nn3c(CCC)nc(C)c3c(=O)[nH]2)c1)C1CCCC1. The van der Waals surface area contributed by atoms with Gasteiger partial charge in [0.2, 0.25) is 0 Å². The van der Waals surface area contributed by atoms with Crippen molar-refractivity contribution in [3.8, 4) is 17.1 Å². The largest absolute Gasteiger partial charge is 0.493 e. The molecule has 1 fully saturated rings. The summed E-state index contributed by atoms with van der Waals surface area (Å²) in [4.78, 5) is 21.7. The maximum absolute atomic E-state index is 13.0. The molecular weight excluding hydrogens is 446 g/mol. The number of nitrogens with one attached hydrogen (secondary N) is 1. The van der Waals surface area contributed by atoms with Gasteiger partial charge in [-0.05, 0) is 62.8 Å². The number of aromatic nitrogens is 4. The zero-order valence-corrected chi connectivity index (χ0v) is 21.3. The van der Waals surface area contributed by atoms with Gasteiger partial charge in [-0.3, -0.25) is 4.79 Å². The minimum Gasteiger partial charge on any atom is -0.493 e. The van der Waals surface area contributed by atoms with Crippen LogP contribution in [-0.4, -0.2) is 43.1 Å². The molecule has 0 unspecified atom stereocenters. The molecule has 2 heterocycles. The molecule has 0 radical (unpaired) electrons. The fourth-order valence-electron chi connectivity index (χ4n) is 4.55. The van der Waals surface area contributed by atoms with Crippen LogP contribution in [0.2, 0.25) is 0 Å². The van der Waals surface area contributed by atoms with E-state index in [0.29, 0.717) is 29.7 Å². The van der Waals surface area contributed by atoms with Crippen molar-refractivity contribution in [1.82, 2.24) is 23.9 Å². The molecule has 4 rings (SSSR count). The first-order chi connectivity index (χ1) is 16.5. The van der Waals surface area contributed by atoms with Crippen LogP contribution in [0.1, 0.15) is 63.9 Å². The molecule has 2 aromatic heterocycles. The van der Waals surface area contributed by atoms with Crippen molar-refractivity contribution >= 4 is 17.5 Å². The van der Waals surface area contributed by atoms with E-state index < -0.39 is 0 Å². The number of aromatic amines is 1. The summed E-state index contributed by atoms with van der Waals surface area (Å²) < 4.78 is 10.2. The Morgan fingerprint density at radius 3 is 2.79 bits per heavy atom. The fourth-order valence-corrected chi connectivity index (χ4v) is 5.66. The Morgan fingerprint density at radius 2 is 2.09 bits per heavy atom. The second kappa shape index (κ2) is 11.2. The van der Waals surface area contributed by atoms with E-state index in [4.69, 9.17) is 9.84 Å². The van der Waals surface area contributed by atoms with Crippen molar-refractivity contribution in [2.24, 2.45) is 0 Å². The molecule has 0 atom stereocenters. The summed E-state index contributed by atoms with van der Waals surface area (Å²) in [5.41, 5.74) is 1.81. The van der Waals surface area contributed by atoms with E-state index in [9.17, 15) is 4.79 Å². The molecule has 3 aromatic rings. The lowest BCUT2D eigenvalue weighted by molar-refractivity contribution is 0.318. The van der Waals surface area contributed by atoms with Crippen molar-refractivity contribution < 1.29 is 4.74 Å². The normalized spacial score (nSPS) is 14.4. The van der Waals surface area contributed by atoms with Crippen LogP contribution in [0.25, 0.3) is 16.9 Å². The summed E-state index contributed by atoms with van der Waals surface area (Å²) in [6.07, 6.45) is 9.56. The smallest absolute Gasteiger partial charge is 0.277 e. The lowest BCUT2D eigenvalue weighted by atomic mass is 10.2. The fraction of sp³-hybridized carbons (Fsp3) is 0.500. The van der Waals surface area contributed by atoms with Crippen molar-refractivity contribution in [1.29, 1.82) is 0 Å². The number of nitrogens with zero attached hydrogens (tertiary/aromatic N) is 4. The number of hydrogen-bond donors (Lipinski definition) is 1. The first-order valence-electron chi connectivity index (χ1n) is 12.4. The van der Waals surface area contributed by atoms with Crippen LogP contribution in [-0.2, 0) is 6.42 Å². The average molecular weight is 482 g/mol. The second-order valence-electron chi connectivity index (χ2n) is 8.85. The van der Waals surface area contributed by atoms with Gasteiger partial charge in [0.15, 0.2) is 11.3 Å². The van der Waals surface area contributed by atoms with E-state index >= 15 is 0 Å². The first-order valence-corrected chi connectivity index (χ1v) is 13.1. The predicted molar refractivity (Wildman–Crippen MR) is 139 cm³/mol. The van der Waals surface area contributed by atoms with E-state index in [1.807, 2.05) is 19.1 Å². The van der Waals surface area contributed by atoms with E-state index in [-0.39, 0.29) is 5.56 Å². The van der Waals surface area contributed by atoms with Gasteiger partial charge in [-0.25, -0.2) is 13.8 Å². The highest BCUT2D eigenvalue weighted by Crippen LogP contribution is 2.36. The minimum absolute atomic E-state index is 0.184. The Labute approximate surface area is 205 Å². The highest BCUT2D eigenvalue weighted by atomic mass is 32.2. The number of fused-ring (bicyclic) bond motifs is 1. The van der Waals surface area contributed by atoms with Gasteiger partial charge in [0, 0.05) is 23.9 Å². The molecule has 0 bridgehead atoms. The molecular formula is C26H35N5O2S. The first kappa shape index (κ1) is 24.5. The number of hydrogen-bond acceptors (Lipinski definition) is 6. The zero-order valence-electron chi connectivity index (χ0n) is 20.5. The predicted octanol–water partition coefficient (Wildman–Crippen LogP) is 5.57. The van der Waals surface area contributed by atoms with Gasteiger partial charge in [-0.15, -0.1) is 11.7 Å². The van der Waals surface area contributed by atoms with Gasteiger partial charge in [0.05, 0.1) is 17.9 Å². The molecule has 1 aromatic carbocycles. The Kier molecular flexibility index (Phi) is 8.11. The maximum atomic E-state index is 13.0. The van der Waals surface area contributed by atoms with Gasteiger partial charge in [0.1, 0.15) is 11.6 Å². The molecule has 0 saturated heterocycles. The van der Waals surface area contributed by atoms with Crippen LogP contribution < -0.4 is 10.3 Å². The van der Waals surface area contributed by atoms with Crippen LogP contribution in [0.4, 0.5) is 0 Å². The number of benzene rings is 1. The van der Waals surface area contributed by atoms with Crippen LogP contribution >= 0.6 is 11.9 Å². The van der Waals surface area contributed by atoms with Gasteiger partial charge < -0.3 is 9.72 Å². The van der Waals surface area contributed by atoms with Crippen LogP contribution in [0.15, 0.2) is 40.5 Å². The van der Waals surface area contributed by atoms with Crippen molar-refractivity contribution in [2.75, 3.05) is 13.2 Å². The molecule has 1 saturated carbocycles. The topological polar surface area (TPSA) is 75.5 Å². The van der Waals surface area contributed by atoms with E-state index in [2.05, 4.69) is 46.8 Å². The summed E-state index contributed by atoms with van der Waals surface area (Å²) in [7, 11) is 0. The lowest BCUT2D eigenvalue weighted by Gasteiger charge is -2.26. The number of rotatable bonds is 11. The van der Waals surface area contributed by atoms with E-state index in [1.165, 1.54) is 25.7 Å². The molecule has 182 valence electrons. The van der Waals surface area contributed by atoms with Gasteiger partial charge in [-0.2, -0.15) is 0 Å². The monoisotopic (exact) mass is 481 g/mol. The summed E-state index contributed by atoms with van der Waals surface area (Å²) in [5, 5.41) is 4.83. The van der Waals surface area contributed by atoms with Crippen molar-refractivity contribution in [2.45, 2.75) is 76.7 Å². The molecule has 34 heavy (non-hydrogen) atoms. The molecule has 0 spiro atoms. The number of aryl methyl sites for hydroxylation is 2. The van der Waals surface area contributed by atoms with Gasteiger partial charge >= 0.3 is 0 Å². The summed E-state index contributed by atoms with van der Waals surface area (Å²) in [5.74, 6) is 2.03. The molecule has 8 heteroatoms. The summed E-state index contributed by atoms with van der Waals surface area (Å²) in [6.45, 7) is 11.4. The number of H-pyrrole nitrogens is 1. The van der Waals surface area contributed by atoms with Crippen molar-refractivity contribution in [3.05, 3.63) is 52.7 Å².